The van der Waals surface area contributed by atoms with E-state index in [1.165, 1.54) is 17.7 Å². The van der Waals surface area contributed by atoms with Crippen LogP contribution >= 0.6 is 0 Å². The number of carbonyl (C=O) groups is 1. The van der Waals surface area contributed by atoms with Gasteiger partial charge < -0.3 is 15.3 Å². The first-order valence-corrected chi connectivity index (χ1v) is 8.63. The molecule has 0 radical (unpaired) electrons. The monoisotopic (exact) mass is 342 g/mol. The number of aryl methyl sites for hydroxylation is 1. The summed E-state index contributed by atoms with van der Waals surface area (Å²) in [5, 5.41) is 13.7. The number of anilines is 1. The number of hydrogen-bond acceptors (Lipinski definition) is 2. The molecular formula is C20H23FN2O2. The van der Waals surface area contributed by atoms with Crippen molar-refractivity contribution in [2.24, 2.45) is 0 Å². The van der Waals surface area contributed by atoms with Crippen LogP contribution in [0.25, 0.3) is 0 Å². The minimum Gasteiger partial charge on any atom is -0.385 e. The highest BCUT2D eigenvalue weighted by Crippen LogP contribution is 2.33. The molecule has 3 rings (SSSR count). The quantitative estimate of drug-likeness (QED) is 0.889. The number of halogens is 1. The zero-order chi connectivity index (χ0) is 17.9. The molecule has 0 aromatic heterocycles. The Kier molecular flexibility index (Phi) is 5.04. The molecule has 5 heteroatoms. The van der Waals surface area contributed by atoms with Crippen LogP contribution in [0.2, 0.25) is 0 Å². The summed E-state index contributed by atoms with van der Waals surface area (Å²) < 4.78 is 13.1. The lowest BCUT2D eigenvalue weighted by molar-refractivity contribution is -0.0157. The number of urea groups is 1. The average Bonchev–Trinajstić information content (AvgIpc) is 2.63. The number of piperidine rings is 1. The van der Waals surface area contributed by atoms with Crippen LogP contribution in [-0.2, 0) is 12.0 Å². The smallest absolute Gasteiger partial charge is 0.321 e. The van der Waals surface area contributed by atoms with Gasteiger partial charge in [0.1, 0.15) is 5.82 Å². The summed E-state index contributed by atoms with van der Waals surface area (Å²) >= 11 is 0. The third kappa shape index (κ3) is 3.99. The fourth-order valence-electron chi connectivity index (χ4n) is 3.20. The van der Waals surface area contributed by atoms with Crippen molar-refractivity contribution < 1.29 is 14.3 Å². The molecule has 1 aliphatic rings. The van der Waals surface area contributed by atoms with Gasteiger partial charge >= 0.3 is 6.03 Å². The minimum absolute atomic E-state index is 0.158. The molecule has 0 bridgehead atoms. The van der Waals surface area contributed by atoms with Gasteiger partial charge in [0.2, 0.25) is 0 Å². The van der Waals surface area contributed by atoms with Gasteiger partial charge in [0.25, 0.3) is 0 Å². The van der Waals surface area contributed by atoms with Gasteiger partial charge in [-0.3, -0.25) is 0 Å². The predicted octanol–water partition coefficient (Wildman–Crippen LogP) is 3.90. The highest BCUT2D eigenvalue weighted by molar-refractivity contribution is 5.89. The minimum atomic E-state index is -1.01. The standard InChI is InChI=1S/C20H23FN2O2/c1-2-15-4-3-5-18(14-15)22-19(24)23-12-10-20(25,11-13-23)16-6-8-17(21)9-7-16/h3-9,14,25H,2,10-13H2,1H3,(H,22,24). The lowest BCUT2D eigenvalue weighted by Gasteiger charge is -2.38. The molecule has 0 aliphatic carbocycles. The summed E-state index contributed by atoms with van der Waals surface area (Å²) in [6.07, 6.45) is 1.78. The van der Waals surface area contributed by atoms with Crippen LogP contribution in [0.4, 0.5) is 14.9 Å². The van der Waals surface area contributed by atoms with E-state index in [0.29, 0.717) is 31.5 Å². The Hall–Kier alpha value is -2.40. The normalized spacial score (nSPS) is 16.5. The molecule has 0 spiro atoms. The van der Waals surface area contributed by atoms with E-state index in [0.717, 1.165) is 12.1 Å². The maximum atomic E-state index is 13.1. The van der Waals surface area contributed by atoms with E-state index >= 15 is 0 Å². The molecule has 0 atom stereocenters. The molecular weight excluding hydrogens is 319 g/mol. The van der Waals surface area contributed by atoms with Gasteiger partial charge in [-0.2, -0.15) is 0 Å². The van der Waals surface area contributed by atoms with E-state index in [-0.39, 0.29) is 11.8 Å². The van der Waals surface area contributed by atoms with Crippen molar-refractivity contribution in [3.63, 3.8) is 0 Å². The fraction of sp³-hybridized carbons (Fsp3) is 0.350. The maximum Gasteiger partial charge on any atom is 0.321 e. The zero-order valence-electron chi connectivity index (χ0n) is 14.3. The Morgan fingerprint density at radius 2 is 1.88 bits per heavy atom. The third-order valence-electron chi connectivity index (χ3n) is 4.85. The number of likely N-dealkylation sites (tertiary alicyclic amines) is 1. The number of hydrogen-bond donors (Lipinski definition) is 2. The van der Waals surface area contributed by atoms with Crippen molar-refractivity contribution in [2.45, 2.75) is 31.8 Å². The topological polar surface area (TPSA) is 52.6 Å². The summed E-state index contributed by atoms with van der Waals surface area (Å²) in [7, 11) is 0. The van der Waals surface area contributed by atoms with E-state index in [1.807, 2.05) is 24.3 Å². The molecule has 0 saturated carbocycles. The molecule has 1 saturated heterocycles. The number of rotatable bonds is 3. The second-order valence-corrected chi connectivity index (χ2v) is 6.51. The lowest BCUT2D eigenvalue weighted by Crippen LogP contribution is -2.46. The van der Waals surface area contributed by atoms with Crippen LogP contribution in [0.1, 0.15) is 30.9 Å². The SMILES string of the molecule is CCc1cccc(NC(=O)N2CCC(O)(c3ccc(F)cc3)CC2)c1. The number of nitrogens with zero attached hydrogens (tertiary/aromatic N) is 1. The van der Waals surface area contributed by atoms with Gasteiger partial charge in [0.05, 0.1) is 5.60 Å². The van der Waals surface area contributed by atoms with E-state index in [2.05, 4.69) is 12.2 Å². The van der Waals surface area contributed by atoms with Crippen molar-refractivity contribution in [1.29, 1.82) is 0 Å². The molecule has 0 unspecified atom stereocenters. The van der Waals surface area contributed by atoms with Crippen LogP contribution in [0.5, 0.6) is 0 Å². The Bertz CT molecular complexity index is 738. The van der Waals surface area contributed by atoms with Crippen molar-refractivity contribution in [2.75, 3.05) is 18.4 Å². The fourth-order valence-corrected chi connectivity index (χ4v) is 3.20. The van der Waals surface area contributed by atoms with E-state index in [4.69, 9.17) is 0 Å². The number of amides is 2. The Morgan fingerprint density at radius 1 is 1.20 bits per heavy atom. The summed E-state index contributed by atoms with van der Waals surface area (Å²) in [6.45, 7) is 2.97. The van der Waals surface area contributed by atoms with Crippen molar-refractivity contribution in [1.82, 2.24) is 4.90 Å². The molecule has 2 amide bonds. The average molecular weight is 342 g/mol. The Balaban J connectivity index is 1.61. The molecule has 1 fully saturated rings. The predicted molar refractivity (Wildman–Crippen MR) is 95.9 cm³/mol. The van der Waals surface area contributed by atoms with Gasteiger partial charge in [-0.25, -0.2) is 9.18 Å². The second kappa shape index (κ2) is 7.23. The largest absolute Gasteiger partial charge is 0.385 e. The lowest BCUT2D eigenvalue weighted by atomic mass is 9.84. The number of benzene rings is 2. The molecule has 1 aliphatic heterocycles. The molecule has 2 aromatic rings. The number of carbonyl (C=O) groups excluding carboxylic acids is 1. The van der Waals surface area contributed by atoms with Crippen molar-refractivity contribution in [3.05, 3.63) is 65.5 Å². The van der Waals surface area contributed by atoms with Crippen molar-refractivity contribution >= 4 is 11.7 Å². The van der Waals surface area contributed by atoms with Gasteiger partial charge in [0.15, 0.2) is 0 Å². The van der Waals surface area contributed by atoms with Crippen molar-refractivity contribution in [3.8, 4) is 0 Å². The summed E-state index contributed by atoms with van der Waals surface area (Å²) in [5.41, 5.74) is 1.64. The van der Waals surface area contributed by atoms with Crippen LogP contribution in [-0.4, -0.2) is 29.1 Å². The Morgan fingerprint density at radius 3 is 2.52 bits per heavy atom. The molecule has 1 heterocycles. The molecule has 4 nitrogen and oxygen atoms in total. The number of nitrogens with one attached hydrogen (secondary N) is 1. The summed E-state index contributed by atoms with van der Waals surface area (Å²) in [4.78, 5) is 14.1. The highest BCUT2D eigenvalue weighted by atomic mass is 19.1. The van der Waals surface area contributed by atoms with Crippen LogP contribution in [0.3, 0.4) is 0 Å². The first kappa shape index (κ1) is 17.4. The van der Waals surface area contributed by atoms with Gasteiger partial charge in [-0.05, 0) is 54.7 Å². The highest BCUT2D eigenvalue weighted by Gasteiger charge is 2.35. The van der Waals surface area contributed by atoms with E-state index in [9.17, 15) is 14.3 Å². The Labute approximate surface area is 147 Å². The molecule has 2 N–H and O–H groups in total. The van der Waals surface area contributed by atoms with E-state index < -0.39 is 5.60 Å². The zero-order valence-corrected chi connectivity index (χ0v) is 14.3. The second-order valence-electron chi connectivity index (χ2n) is 6.51. The van der Waals surface area contributed by atoms with Crippen LogP contribution in [0, 0.1) is 5.82 Å². The number of aliphatic hydroxyl groups is 1. The van der Waals surface area contributed by atoms with E-state index in [1.54, 1.807) is 17.0 Å². The molecule has 132 valence electrons. The van der Waals surface area contributed by atoms with Crippen LogP contribution < -0.4 is 5.32 Å². The van der Waals surface area contributed by atoms with Gasteiger partial charge in [-0.15, -0.1) is 0 Å². The summed E-state index contributed by atoms with van der Waals surface area (Å²) in [5.74, 6) is -0.321. The third-order valence-corrected chi connectivity index (χ3v) is 4.85. The van der Waals surface area contributed by atoms with Gasteiger partial charge in [-0.1, -0.05) is 31.2 Å². The maximum absolute atomic E-state index is 13.1. The first-order valence-electron chi connectivity index (χ1n) is 8.63. The molecule has 25 heavy (non-hydrogen) atoms. The molecule has 2 aromatic carbocycles. The first-order chi connectivity index (χ1) is 12.0. The summed E-state index contributed by atoms with van der Waals surface area (Å²) in [6, 6.07) is 13.6. The van der Waals surface area contributed by atoms with Crippen LogP contribution in [0.15, 0.2) is 48.5 Å². The van der Waals surface area contributed by atoms with Gasteiger partial charge in [0, 0.05) is 18.8 Å².